The van der Waals surface area contributed by atoms with Crippen LogP contribution >= 0.6 is 11.3 Å². The summed E-state index contributed by atoms with van der Waals surface area (Å²) in [4.78, 5) is 19.0. The number of thiophene rings is 1. The van der Waals surface area contributed by atoms with Gasteiger partial charge in [0.1, 0.15) is 5.69 Å². The van der Waals surface area contributed by atoms with E-state index in [2.05, 4.69) is 18.0 Å². The number of nitrogens with two attached hydrogens (primary N) is 1. The number of carbonyl (C=O) groups is 1. The van der Waals surface area contributed by atoms with E-state index in [1.807, 2.05) is 11.0 Å². The number of aromatic nitrogens is 1. The standard InChI is InChI=1S/C14H17N3OS/c1-8-2-10-12(19-8)3-11(16-10)13(18)17-5-9-4-14(9,6-15)7-17/h2-3,9,16H,4-7,15H2,1H3/t9-,14-/m1/s1. The van der Waals surface area contributed by atoms with E-state index in [0.29, 0.717) is 12.5 Å². The molecule has 1 amide bonds. The number of likely N-dealkylation sites (tertiary alicyclic amines) is 1. The Morgan fingerprint density at radius 3 is 3.16 bits per heavy atom. The van der Waals surface area contributed by atoms with Crippen LogP contribution in [0.15, 0.2) is 12.1 Å². The molecule has 19 heavy (non-hydrogen) atoms. The number of rotatable bonds is 2. The van der Waals surface area contributed by atoms with Gasteiger partial charge in [0.25, 0.3) is 5.91 Å². The Balaban J connectivity index is 1.59. The lowest BCUT2D eigenvalue weighted by Crippen LogP contribution is -2.33. The van der Waals surface area contributed by atoms with Crippen molar-refractivity contribution in [1.82, 2.24) is 9.88 Å². The van der Waals surface area contributed by atoms with E-state index < -0.39 is 0 Å². The van der Waals surface area contributed by atoms with Crippen LogP contribution in [0.2, 0.25) is 0 Å². The molecule has 0 aromatic carbocycles. The molecule has 1 aliphatic carbocycles. The van der Waals surface area contributed by atoms with Gasteiger partial charge in [-0.1, -0.05) is 0 Å². The Morgan fingerprint density at radius 1 is 1.63 bits per heavy atom. The van der Waals surface area contributed by atoms with Crippen LogP contribution in [0, 0.1) is 18.3 Å². The van der Waals surface area contributed by atoms with Crippen molar-refractivity contribution in [3.05, 3.63) is 22.7 Å². The lowest BCUT2D eigenvalue weighted by Gasteiger charge is -2.19. The Labute approximate surface area is 115 Å². The van der Waals surface area contributed by atoms with Gasteiger partial charge >= 0.3 is 0 Å². The summed E-state index contributed by atoms with van der Waals surface area (Å²) in [6.07, 6.45) is 1.20. The second-order valence-corrected chi connectivity index (χ2v) is 7.26. The predicted molar refractivity (Wildman–Crippen MR) is 76.4 cm³/mol. The first kappa shape index (κ1) is 11.5. The first-order chi connectivity index (χ1) is 9.11. The average Bonchev–Trinajstić information content (AvgIpc) is 2.70. The molecular weight excluding hydrogens is 258 g/mol. The van der Waals surface area contributed by atoms with Crippen LogP contribution in [-0.4, -0.2) is 35.4 Å². The fraction of sp³-hybridized carbons (Fsp3) is 0.500. The summed E-state index contributed by atoms with van der Waals surface area (Å²) in [6, 6.07) is 4.08. The minimum absolute atomic E-state index is 0.126. The Kier molecular flexibility index (Phi) is 2.18. The highest BCUT2D eigenvalue weighted by molar-refractivity contribution is 7.19. The summed E-state index contributed by atoms with van der Waals surface area (Å²) in [5.41, 5.74) is 7.86. The summed E-state index contributed by atoms with van der Waals surface area (Å²) in [5, 5.41) is 0. The molecule has 4 rings (SSSR count). The maximum Gasteiger partial charge on any atom is 0.270 e. The summed E-state index contributed by atoms with van der Waals surface area (Å²) < 4.78 is 1.17. The Morgan fingerprint density at radius 2 is 2.47 bits per heavy atom. The minimum atomic E-state index is 0.126. The largest absolute Gasteiger partial charge is 0.350 e. The van der Waals surface area contributed by atoms with E-state index in [9.17, 15) is 4.79 Å². The van der Waals surface area contributed by atoms with Gasteiger partial charge in [-0.3, -0.25) is 4.79 Å². The van der Waals surface area contributed by atoms with Crippen LogP contribution in [-0.2, 0) is 0 Å². The van der Waals surface area contributed by atoms with Gasteiger partial charge in [0, 0.05) is 23.4 Å². The second-order valence-electron chi connectivity index (χ2n) is 5.97. The topological polar surface area (TPSA) is 62.1 Å². The number of carbonyl (C=O) groups excluding carboxylic acids is 1. The van der Waals surface area contributed by atoms with Crippen LogP contribution < -0.4 is 5.73 Å². The van der Waals surface area contributed by atoms with E-state index in [1.54, 1.807) is 11.3 Å². The van der Waals surface area contributed by atoms with Gasteiger partial charge in [-0.05, 0) is 37.9 Å². The number of H-pyrrole nitrogens is 1. The molecule has 100 valence electrons. The first-order valence-electron chi connectivity index (χ1n) is 6.70. The molecule has 3 heterocycles. The van der Waals surface area contributed by atoms with E-state index in [0.717, 1.165) is 24.3 Å². The molecule has 1 saturated carbocycles. The number of aryl methyl sites for hydroxylation is 1. The average molecular weight is 275 g/mol. The molecule has 2 atom stereocenters. The van der Waals surface area contributed by atoms with Gasteiger partial charge in [0.15, 0.2) is 0 Å². The van der Waals surface area contributed by atoms with Crippen molar-refractivity contribution in [3.8, 4) is 0 Å². The highest BCUT2D eigenvalue weighted by atomic mass is 32.1. The fourth-order valence-electron chi connectivity index (χ4n) is 3.40. The van der Waals surface area contributed by atoms with Gasteiger partial charge in [-0.25, -0.2) is 0 Å². The molecule has 2 aliphatic rings. The third-order valence-electron chi connectivity index (χ3n) is 4.66. The summed E-state index contributed by atoms with van der Waals surface area (Å²) >= 11 is 1.72. The van der Waals surface area contributed by atoms with Crippen molar-refractivity contribution in [2.75, 3.05) is 19.6 Å². The zero-order chi connectivity index (χ0) is 13.2. The molecule has 2 fully saturated rings. The number of piperidine rings is 1. The molecule has 4 nitrogen and oxygen atoms in total. The molecule has 0 unspecified atom stereocenters. The molecular formula is C14H17N3OS. The molecule has 2 aromatic heterocycles. The highest BCUT2D eigenvalue weighted by Gasteiger charge is 2.59. The lowest BCUT2D eigenvalue weighted by molar-refractivity contribution is 0.0761. The van der Waals surface area contributed by atoms with Gasteiger partial charge in [0.2, 0.25) is 0 Å². The van der Waals surface area contributed by atoms with Gasteiger partial charge in [-0.15, -0.1) is 11.3 Å². The van der Waals surface area contributed by atoms with Crippen LogP contribution in [0.3, 0.4) is 0 Å². The smallest absolute Gasteiger partial charge is 0.270 e. The summed E-state index contributed by atoms with van der Waals surface area (Å²) in [5.74, 6) is 0.765. The molecule has 0 radical (unpaired) electrons. The van der Waals surface area contributed by atoms with Crippen molar-refractivity contribution in [1.29, 1.82) is 0 Å². The zero-order valence-corrected chi connectivity index (χ0v) is 11.7. The molecule has 3 N–H and O–H groups in total. The molecule has 0 spiro atoms. The number of hydrogen-bond acceptors (Lipinski definition) is 3. The number of hydrogen-bond donors (Lipinski definition) is 2. The highest BCUT2D eigenvalue weighted by Crippen LogP contribution is 2.57. The van der Waals surface area contributed by atoms with Crippen LogP contribution in [0.5, 0.6) is 0 Å². The third-order valence-corrected chi connectivity index (χ3v) is 5.66. The number of amides is 1. The van der Waals surface area contributed by atoms with Crippen LogP contribution in [0.1, 0.15) is 21.8 Å². The normalized spacial score (nSPS) is 28.9. The van der Waals surface area contributed by atoms with Gasteiger partial charge < -0.3 is 15.6 Å². The van der Waals surface area contributed by atoms with Crippen molar-refractivity contribution < 1.29 is 4.79 Å². The first-order valence-corrected chi connectivity index (χ1v) is 7.51. The van der Waals surface area contributed by atoms with Gasteiger partial charge in [-0.2, -0.15) is 0 Å². The number of fused-ring (bicyclic) bond motifs is 2. The molecule has 1 aliphatic heterocycles. The summed E-state index contributed by atoms with van der Waals surface area (Å²) in [6.45, 7) is 4.50. The quantitative estimate of drug-likeness (QED) is 0.880. The molecule has 2 aromatic rings. The van der Waals surface area contributed by atoms with Crippen molar-refractivity contribution in [3.63, 3.8) is 0 Å². The van der Waals surface area contributed by atoms with E-state index in [-0.39, 0.29) is 11.3 Å². The van der Waals surface area contributed by atoms with Crippen molar-refractivity contribution >= 4 is 27.5 Å². The SMILES string of the molecule is Cc1cc2[nH]c(C(=O)N3C[C@H]4C[C@@]4(CN)C3)cc2s1. The number of aromatic amines is 1. The van der Waals surface area contributed by atoms with E-state index >= 15 is 0 Å². The van der Waals surface area contributed by atoms with E-state index in [4.69, 9.17) is 5.73 Å². The third kappa shape index (κ3) is 1.58. The molecule has 1 saturated heterocycles. The number of nitrogens with one attached hydrogen (secondary N) is 1. The molecule has 0 bridgehead atoms. The molecule has 5 heteroatoms. The number of nitrogens with zero attached hydrogens (tertiary/aromatic N) is 1. The van der Waals surface area contributed by atoms with Crippen LogP contribution in [0.25, 0.3) is 10.2 Å². The predicted octanol–water partition coefficient (Wildman–Crippen LogP) is 1.96. The lowest BCUT2D eigenvalue weighted by atomic mass is 10.1. The minimum Gasteiger partial charge on any atom is -0.350 e. The Hall–Kier alpha value is -1.33. The Bertz CT molecular complexity index is 638. The fourth-order valence-corrected chi connectivity index (χ4v) is 4.32. The van der Waals surface area contributed by atoms with Gasteiger partial charge in [0.05, 0.1) is 10.2 Å². The maximum atomic E-state index is 12.5. The maximum absolute atomic E-state index is 12.5. The van der Waals surface area contributed by atoms with Crippen molar-refractivity contribution in [2.24, 2.45) is 17.1 Å². The summed E-state index contributed by atoms with van der Waals surface area (Å²) in [7, 11) is 0. The zero-order valence-electron chi connectivity index (χ0n) is 10.9. The van der Waals surface area contributed by atoms with Crippen molar-refractivity contribution in [2.45, 2.75) is 13.3 Å². The van der Waals surface area contributed by atoms with E-state index in [1.165, 1.54) is 16.0 Å². The monoisotopic (exact) mass is 275 g/mol. The second kappa shape index (κ2) is 3.61. The van der Waals surface area contributed by atoms with Crippen LogP contribution in [0.4, 0.5) is 0 Å².